The minimum Gasteiger partial charge on any atom is -0.476 e. The molecule has 23 heavy (non-hydrogen) atoms. The van der Waals surface area contributed by atoms with Gasteiger partial charge in [0.2, 0.25) is 0 Å². The molecule has 1 heterocycles. The topological polar surface area (TPSA) is 66.3 Å². The second kappa shape index (κ2) is 6.87. The predicted octanol–water partition coefficient (Wildman–Crippen LogP) is 2.89. The Morgan fingerprint density at radius 1 is 1.17 bits per heavy atom. The van der Waals surface area contributed by atoms with Crippen LogP contribution in [-0.4, -0.2) is 39.5 Å². The van der Waals surface area contributed by atoms with Crippen LogP contribution in [0.3, 0.4) is 0 Å². The largest absolute Gasteiger partial charge is 0.476 e. The first-order valence-corrected chi connectivity index (χ1v) is 7.58. The molecule has 0 unspecified atom stereocenters. The molecule has 5 heteroatoms. The Morgan fingerprint density at radius 3 is 2.35 bits per heavy atom. The Morgan fingerprint density at radius 2 is 1.83 bits per heavy atom. The molecule has 0 spiro atoms. The maximum Gasteiger partial charge on any atom is 0.356 e. The highest BCUT2D eigenvalue weighted by Gasteiger charge is 2.22. The summed E-state index contributed by atoms with van der Waals surface area (Å²) in [4.78, 5) is 21.0. The zero-order valence-electron chi connectivity index (χ0n) is 14.1. The zero-order chi connectivity index (χ0) is 17.0. The van der Waals surface area contributed by atoms with Crippen LogP contribution in [0.1, 0.15) is 41.2 Å². The fourth-order valence-electron chi connectivity index (χ4n) is 2.65. The molecule has 0 amide bonds. The maximum absolute atomic E-state index is 10.8. The molecule has 0 saturated heterocycles. The molecule has 0 aliphatic rings. The Labute approximate surface area is 137 Å². The van der Waals surface area contributed by atoms with Crippen molar-refractivity contribution in [2.45, 2.75) is 32.7 Å². The summed E-state index contributed by atoms with van der Waals surface area (Å²) in [5.74, 6) is -1.06. The van der Waals surface area contributed by atoms with Gasteiger partial charge in [-0.25, -0.2) is 9.78 Å². The van der Waals surface area contributed by atoms with E-state index in [1.807, 2.05) is 7.05 Å². The molecule has 0 atom stereocenters. The summed E-state index contributed by atoms with van der Waals surface area (Å²) in [6.45, 7) is 8.00. The molecule has 0 radical (unpaired) electrons. The lowest BCUT2D eigenvalue weighted by Crippen LogP contribution is -2.34. The minimum absolute atomic E-state index is 0.0108. The number of nitrogens with zero attached hydrogens (tertiary/aromatic N) is 3. The van der Waals surface area contributed by atoms with E-state index in [-0.39, 0.29) is 11.1 Å². The number of hydrogen-bond acceptors (Lipinski definition) is 4. The maximum atomic E-state index is 10.8. The highest BCUT2D eigenvalue weighted by molar-refractivity contribution is 5.84. The van der Waals surface area contributed by atoms with Crippen LogP contribution in [-0.2, 0) is 12.0 Å². The summed E-state index contributed by atoms with van der Waals surface area (Å²) < 4.78 is 0. The van der Waals surface area contributed by atoms with E-state index < -0.39 is 5.97 Å². The molecule has 0 aliphatic heterocycles. The van der Waals surface area contributed by atoms with E-state index >= 15 is 0 Å². The Bertz CT molecular complexity index is 664. The van der Waals surface area contributed by atoms with Gasteiger partial charge in [-0.15, -0.1) is 0 Å². The van der Waals surface area contributed by atoms with Crippen LogP contribution in [0.2, 0.25) is 0 Å². The van der Waals surface area contributed by atoms with Crippen molar-refractivity contribution in [1.82, 2.24) is 14.9 Å². The molecule has 0 bridgehead atoms. The Kier molecular flexibility index (Phi) is 5.11. The van der Waals surface area contributed by atoms with Gasteiger partial charge in [-0.05, 0) is 19.5 Å². The van der Waals surface area contributed by atoms with Gasteiger partial charge in [0.25, 0.3) is 0 Å². The highest BCUT2D eigenvalue weighted by atomic mass is 16.4. The quantitative estimate of drug-likeness (QED) is 0.888. The van der Waals surface area contributed by atoms with Crippen molar-refractivity contribution in [3.05, 3.63) is 59.2 Å². The van der Waals surface area contributed by atoms with E-state index in [9.17, 15) is 4.79 Å². The molecule has 0 fully saturated rings. The number of likely N-dealkylation sites (N-methyl/N-ethyl adjacent to an activating group) is 1. The Balaban J connectivity index is 2.01. The minimum atomic E-state index is -1.06. The lowest BCUT2D eigenvalue weighted by molar-refractivity contribution is 0.0690. The van der Waals surface area contributed by atoms with Crippen molar-refractivity contribution in [3.63, 3.8) is 0 Å². The fourth-order valence-corrected chi connectivity index (χ4v) is 2.65. The van der Waals surface area contributed by atoms with E-state index in [2.05, 4.69) is 59.9 Å². The van der Waals surface area contributed by atoms with Gasteiger partial charge in [0.05, 0.1) is 18.1 Å². The number of aryl methyl sites for hydroxylation is 1. The number of hydrogen-bond donors (Lipinski definition) is 1. The number of carboxylic acids is 1. The third-order valence-electron chi connectivity index (χ3n) is 3.85. The van der Waals surface area contributed by atoms with Crippen molar-refractivity contribution in [2.75, 3.05) is 13.6 Å². The molecule has 0 aliphatic carbocycles. The van der Waals surface area contributed by atoms with Crippen molar-refractivity contribution < 1.29 is 9.90 Å². The highest BCUT2D eigenvalue weighted by Crippen LogP contribution is 2.24. The molecule has 2 rings (SSSR count). The van der Waals surface area contributed by atoms with Gasteiger partial charge in [0.15, 0.2) is 5.69 Å². The van der Waals surface area contributed by atoms with Crippen LogP contribution in [0.15, 0.2) is 36.7 Å². The summed E-state index contributed by atoms with van der Waals surface area (Å²) in [6.07, 6.45) is 2.83. The molecule has 1 N–H and O–H groups in total. The third kappa shape index (κ3) is 4.60. The van der Waals surface area contributed by atoms with E-state index in [0.29, 0.717) is 6.54 Å². The van der Waals surface area contributed by atoms with Gasteiger partial charge in [-0.3, -0.25) is 9.88 Å². The van der Waals surface area contributed by atoms with Crippen LogP contribution in [0.4, 0.5) is 0 Å². The van der Waals surface area contributed by atoms with E-state index in [1.54, 1.807) is 0 Å². The number of aromatic carboxylic acids is 1. The van der Waals surface area contributed by atoms with Gasteiger partial charge < -0.3 is 5.11 Å². The van der Waals surface area contributed by atoms with Crippen molar-refractivity contribution >= 4 is 5.97 Å². The van der Waals surface area contributed by atoms with Crippen LogP contribution in [0, 0.1) is 6.92 Å². The van der Waals surface area contributed by atoms with Crippen LogP contribution < -0.4 is 0 Å². The smallest absolute Gasteiger partial charge is 0.356 e. The molecular weight excluding hydrogens is 290 g/mol. The lowest BCUT2D eigenvalue weighted by atomic mass is 9.84. The van der Waals surface area contributed by atoms with Crippen LogP contribution in [0.5, 0.6) is 0 Å². The molecule has 5 nitrogen and oxygen atoms in total. The SMILES string of the molecule is Cc1ccc(C(C)(C)CN(C)Cc2cnc(C(=O)O)cn2)cc1. The first kappa shape index (κ1) is 17.1. The van der Waals surface area contributed by atoms with Crippen LogP contribution in [0.25, 0.3) is 0 Å². The summed E-state index contributed by atoms with van der Waals surface area (Å²) >= 11 is 0. The van der Waals surface area contributed by atoms with Gasteiger partial charge in [-0.2, -0.15) is 0 Å². The first-order valence-electron chi connectivity index (χ1n) is 7.58. The normalized spacial score (nSPS) is 11.7. The number of benzene rings is 1. The van der Waals surface area contributed by atoms with Crippen molar-refractivity contribution in [3.8, 4) is 0 Å². The second-order valence-electron chi connectivity index (χ2n) is 6.62. The van der Waals surface area contributed by atoms with Crippen LogP contribution >= 0.6 is 0 Å². The standard InChI is InChI=1S/C18H23N3O2/c1-13-5-7-14(8-6-13)18(2,3)12-21(4)11-15-9-20-16(10-19-15)17(22)23/h5-10H,11-12H2,1-4H3,(H,22,23). The van der Waals surface area contributed by atoms with E-state index in [4.69, 9.17) is 5.11 Å². The summed E-state index contributed by atoms with van der Waals surface area (Å²) in [5, 5.41) is 8.84. The van der Waals surface area contributed by atoms with Crippen molar-refractivity contribution in [2.24, 2.45) is 0 Å². The van der Waals surface area contributed by atoms with E-state index in [0.717, 1.165) is 12.2 Å². The Hall–Kier alpha value is -2.27. The van der Waals surface area contributed by atoms with Gasteiger partial charge in [0, 0.05) is 18.5 Å². The average molecular weight is 313 g/mol. The number of carbonyl (C=O) groups is 1. The summed E-state index contributed by atoms with van der Waals surface area (Å²) in [7, 11) is 2.03. The van der Waals surface area contributed by atoms with Gasteiger partial charge in [0.1, 0.15) is 0 Å². The molecule has 1 aromatic heterocycles. The summed E-state index contributed by atoms with van der Waals surface area (Å²) in [6, 6.07) is 8.61. The molecule has 122 valence electrons. The third-order valence-corrected chi connectivity index (χ3v) is 3.85. The van der Waals surface area contributed by atoms with Gasteiger partial charge >= 0.3 is 5.97 Å². The molecule has 1 aromatic carbocycles. The number of aromatic nitrogens is 2. The molecular formula is C18H23N3O2. The fraction of sp³-hybridized carbons (Fsp3) is 0.389. The average Bonchev–Trinajstić information content (AvgIpc) is 2.47. The monoisotopic (exact) mass is 313 g/mol. The number of carboxylic acid groups (broad SMARTS) is 1. The zero-order valence-corrected chi connectivity index (χ0v) is 14.1. The molecule has 2 aromatic rings. The second-order valence-corrected chi connectivity index (χ2v) is 6.62. The number of rotatable bonds is 6. The lowest BCUT2D eigenvalue weighted by Gasteiger charge is -2.30. The first-order chi connectivity index (χ1) is 10.8. The molecule has 0 saturated carbocycles. The summed E-state index contributed by atoms with van der Waals surface area (Å²) in [5.41, 5.74) is 3.29. The predicted molar refractivity (Wildman–Crippen MR) is 89.5 cm³/mol. The van der Waals surface area contributed by atoms with Gasteiger partial charge in [-0.1, -0.05) is 43.7 Å². The van der Waals surface area contributed by atoms with E-state index in [1.165, 1.54) is 23.5 Å². The van der Waals surface area contributed by atoms with Crippen molar-refractivity contribution in [1.29, 1.82) is 0 Å².